The van der Waals surface area contributed by atoms with Crippen molar-refractivity contribution in [2.45, 2.75) is 33.2 Å². The predicted octanol–water partition coefficient (Wildman–Crippen LogP) is 1.21. The molecule has 0 saturated carbocycles. The summed E-state index contributed by atoms with van der Waals surface area (Å²) in [7, 11) is 1.90. The van der Waals surface area contributed by atoms with Gasteiger partial charge in [0.1, 0.15) is 5.78 Å². The summed E-state index contributed by atoms with van der Waals surface area (Å²) < 4.78 is 0. The van der Waals surface area contributed by atoms with Crippen LogP contribution in [0.25, 0.3) is 0 Å². The molecule has 2 heteroatoms. The average molecular weight is 143 g/mol. The van der Waals surface area contributed by atoms with Crippen LogP contribution in [0, 0.1) is 5.92 Å². The number of carbonyl (C=O) groups excluding carboxylic acids is 1. The third-order valence-electron chi connectivity index (χ3n) is 1.68. The van der Waals surface area contributed by atoms with Gasteiger partial charge in [0.05, 0.1) is 0 Å². The Morgan fingerprint density at radius 1 is 1.50 bits per heavy atom. The lowest BCUT2D eigenvalue weighted by Crippen LogP contribution is -2.32. The van der Waals surface area contributed by atoms with E-state index in [2.05, 4.69) is 19.2 Å². The maximum atomic E-state index is 10.7. The molecule has 1 atom stereocenters. The second-order valence-corrected chi connectivity index (χ2v) is 3.05. The van der Waals surface area contributed by atoms with Crippen LogP contribution in [0.1, 0.15) is 27.2 Å². The molecule has 0 aliphatic heterocycles. The highest BCUT2D eigenvalue weighted by molar-refractivity contribution is 5.76. The third kappa shape index (κ3) is 3.62. The highest BCUT2D eigenvalue weighted by Gasteiger charge is 2.11. The number of hydrogen-bond acceptors (Lipinski definition) is 2. The molecule has 0 unspecified atom stereocenters. The summed E-state index contributed by atoms with van der Waals surface area (Å²) in [5, 5.41) is 3.11. The molecular formula is C8H17NO. The van der Waals surface area contributed by atoms with Crippen LogP contribution in [-0.4, -0.2) is 18.9 Å². The third-order valence-corrected chi connectivity index (χ3v) is 1.68. The summed E-state index contributed by atoms with van der Waals surface area (Å²) in [5.74, 6) is 0.793. The first kappa shape index (κ1) is 9.63. The van der Waals surface area contributed by atoms with Crippen molar-refractivity contribution in [1.29, 1.82) is 0 Å². The van der Waals surface area contributed by atoms with E-state index in [9.17, 15) is 4.79 Å². The molecule has 1 N–H and O–H groups in total. The van der Waals surface area contributed by atoms with Crippen molar-refractivity contribution in [2.24, 2.45) is 5.92 Å². The van der Waals surface area contributed by atoms with Crippen LogP contribution in [0.4, 0.5) is 0 Å². The van der Waals surface area contributed by atoms with Gasteiger partial charge in [-0.15, -0.1) is 0 Å². The first-order valence-electron chi connectivity index (χ1n) is 3.74. The second-order valence-electron chi connectivity index (χ2n) is 3.05. The monoisotopic (exact) mass is 143 g/mol. The number of carbonyl (C=O) groups is 1. The Hall–Kier alpha value is -0.370. The highest BCUT2D eigenvalue weighted by Crippen LogP contribution is 2.04. The molecular weight excluding hydrogens is 126 g/mol. The van der Waals surface area contributed by atoms with E-state index in [1.807, 2.05) is 7.05 Å². The maximum Gasteiger partial charge on any atom is 0.131 e. The molecule has 0 fully saturated rings. The van der Waals surface area contributed by atoms with Gasteiger partial charge < -0.3 is 5.32 Å². The van der Waals surface area contributed by atoms with Gasteiger partial charge in [0.25, 0.3) is 0 Å². The minimum atomic E-state index is 0.257. The van der Waals surface area contributed by atoms with Crippen molar-refractivity contribution in [3.8, 4) is 0 Å². The molecule has 0 bridgehead atoms. The smallest absolute Gasteiger partial charge is 0.131 e. The second kappa shape index (κ2) is 4.45. The summed E-state index contributed by atoms with van der Waals surface area (Å²) >= 11 is 0. The zero-order valence-electron chi connectivity index (χ0n) is 7.27. The van der Waals surface area contributed by atoms with Gasteiger partial charge in [-0.05, 0) is 19.9 Å². The molecule has 0 heterocycles. The first-order chi connectivity index (χ1) is 4.57. The Morgan fingerprint density at radius 2 is 2.00 bits per heavy atom. The van der Waals surface area contributed by atoms with E-state index in [1.165, 1.54) is 0 Å². The van der Waals surface area contributed by atoms with Gasteiger partial charge in [0.15, 0.2) is 0 Å². The molecule has 0 saturated heterocycles. The maximum absolute atomic E-state index is 10.7. The molecule has 0 aromatic carbocycles. The Bertz CT molecular complexity index is 110. The highest BCUT2D eigenvalue weighted by atomic mass is 16.1. The van der Waals surface area contributed by atoms with Crippen molar-refractivity contribution in [3.63, 3.8) is 0 Å². The molecule has 0 radical (unpaired) electrons. The van der Waals surface area contributed by atoms with E-state index in [0.29, 0.717) is 18.4 Å². The quantitative estimate of drug-likeness (QED) is 0.641. The van der Waals surface area contributed by atoms with Crippen LogP contribution < -0.4 is 5.32 Å². The van der Waals surface area contributed by atoms with E-state index in [4.69, 9.17) is 0 Å². The predicted molar refractivity (Wildman–Crippen MR) is 43.0 cm³/mol. The van der Waals surface area contributed by atoms with Crippen molar-refractivity contribution in [2.75, 3.05) is 7.05 Å². The first-order valence-corrected chi connectivity index (χ1v) is 3.74. The van der Waals surface area contributed by atoms with Crippen LogP contribution >= 0.6 is 0 Å². The Labute approximate surface area is 63.0 Å². The lowest BCUT2D eigenvalue weighted by molar-refractivity contribution is -0.117. The van der Waals surface area contributed by atoms with Crippen molar-refractivity contribution in [1.82, 2.24) is 5.32 Å². The summed E-state index contributed by atoms with van der Waals surface area (Å²) in [4.78, 5) is 10.7. The molecule has 0 aliphatic rings. The molecule has 0 spiro atoms. The van der Waals surface area contributed by atoms with Gasteiger partial charge >= 0.3 is 0 Å². The molecule has 0 rings (SSSR count). The Kier molecular flexibility index (Phi) is 4.28. The summed E-state index contributed by atoms with van der Waals surface area (Å²) in [6.45, 7) is 5.86. The van der Waals surface area contributed by atoms with Gasteiger partial charge in [-0.2, -0.15) is 0 Å². The minimum absolute atomic E-state index is 0.257. The molecule has 2 nitrogen and oxygen atoms in total. The van der Waals surface area contributed by atoms with E-state index in [0.717, 1.165) is 0 Å². The summed E-state index contributed by atoms with van der Waals surface area (Å²) in [5.41, 5.74) is 0. The van der Waals surface area contributed by atoms with Gasteiger partial charge in [0.2, 0.25) is 0 Å². The standard InChI is InChI=1S/C8H17NO/c1-6(2)8(9-4)5-7(3)10/h6,8-9H,5H2,1-4H3/t8-/m1/s1. The van der Waals surface area contributed by atoms with Crippen LogP contribution in [0.5, 0.6) is 0 Å². The number of hydrogen-bond donors (Lipinski definition) is 1. The summed E-state index contributed by atoms with van der Waals surface area (Å²) in [6.07, 6.45) is 0.647. The van der Waals surface area contributed by atoms with E-state index in [-0.39, 0.29) is 5.78 Å². The van der Waals surface area contributed by atoms with Gasteiger partial charge in [-0.1, -0.05) is 13.8 Å². The van der Waals surface area contributed by atoms with Gasteiger partial charge in [-0.3, -0.25) is 4.79 Å². The summed E-state index contributed by atoms with van der Waals surface area (Å²) in [6, 6.07) is 0.345. The molecule has 0 aromatic heterocycles. The molecule has 0 amide bonds. The van der Waals surface area contributed by atoms with Crippen LogP contribution in [0.15, 0.2) is 0 Å². The van der Waals surface area contributed by atoms with Crippen molar-refractivity contribution in [3.05, 3.63) is 0 Å². The number of nitrogens with one attached hydrogen (secondary N) is 1. The zero-order valence-corrected chi connectivity index (χ0v) is 7.27. The van der Waals surface area contributed by atoms with Gasteiger partial charge in [0, 0.05) is 12.5 Å². The lowest BCUT2D eigenvalue weighted by atomic mass is 10.00. The number of rotatable bonds is 4. The fourth-order valence-corrected chi connectivity index (χ4v) is 0.981. The van der Waals surface area contributed by atoms with E-state index < -0.39 is 0 Å². The number of ketones is 1. The molecule has 10 heavy (non-hydrogen) atoms. The minimum Gasteiger partial charge on any atom is -0.316 e. The van der Waals surface area contributed by atoms with Crippen LogP contribution in [0.2, 0.25) is 0 Å². The van der Waals surface area contributed by atoms with Crippen LogP contribution in [0.3, 0.4) is 0 Å². The zero-order chi connectivity index (χ0) is 8.15. The number of Topliss-reactive ketones (excluding diaryl/α,β-unsaturated/α-hetero) is 1. The fourth-order valence-electron chi connectivity index (χ4n) is 0.981. The lowest BCUT2D eigenvalue weighted by Gasteiger charge is -2.17. The Morgan fingerprint density at radius 3 is 2.10 bits per heavy atom. The molecule has 0 aromatic rings. The van der Waals surface area contributed by atoms with Crippen molar-refractivity contribution < 1.29 is 4.79 Å². The van der Waals surface area contributed by atoms with Crippen LogP contribution in [-0.2, 0) is 4.79 Å². The molecule has 60 valence electrons. The largest absolute Gasteiger partial charge is 0.316 e. The average Bonchev–Trinajstić information content (AvgIpc) is 1.81. The van der Waals surface area contributed by atoms with Crippen molar-refractivity contribution >= 4 is 5.78 Å². The SMILES string of the molecule is CN[C@H](CC(C)=O)C(C)C. The van der Waals surface area contributed by atoms with E-state index >= 15 is 0 Å². The molecule has 0 aliphatic carbocycles. The normalized spacial score (nSPS) is 13.7. The topological polar surface area (TPSA) is 29.1 Å². The fraction of sp³-hybridized carbons (Fsp3) is 0.875. The van der Waals surface area contributed by atoms with Gasteiger partial charge in [-0.25, -0.2) is 0 Å². The Balaban J connectivity index is 3.71. The van der Waals surface area contributed by atoms with E-state index in [1.54, 1.807) is 6.92 Å².